The van der Waals surface area contributed by atoms with Gasteiger partial charge >= 0.3 is 0 Å². The van der Waals surface area contributed by atoms with E-state index in [-0.39, 0.29) is 0 Å². The van der Waals surface area contributed by atoms with Crippen molar-refractivity contribution in [3.8, 4) is 5.75 Å². The molecule has 0 atom stereocenters. The average Bonchev–Trinajstić information content (AvgIpc) is 2.43. The smallest absolute Gasteiger partial charge is 0.133 e. The fourth-order valence-electron chi connectivity index (χ4n) is 1.81. The van der Waals surface area contributed by atoms with E-state index >= 15 is 0 Å². The van der Waals surface area contributed by atoms with E-state index in [4.69, 9.17) is 10.5 Å². The topological polar surface area (TPSA) is 48.1 Å². The number of hydrogen-bond donors (Lipinski definition) is 1. The van der Waals surface area contributed by atoms with Crippen molar-refractivity contribution < 1.29 is 4.74 Å². The van der Waals surface area contributed by atoms with Gasteiger partial charge in [0.25, 0.3) is 0 Å². The van der Waals surface area contributed by atoms with Gasteiger partial charge in [0.2, 0.25) is 0 Å². The molecule has 19 heavy (non-hydrogen) atoms. The van der Waals surface area contributed by atoms with Gasteiger partial charge in [0.05, 0.1) is 11.1 Å². The number of pyridine rings is 1. The molecule has 0 saturated carbocycles. The Hall–Kier alpha value is -1.39. The standard InChI is InChI=1S/C15H17BrN2O/c16-14-11-13(3-7-17)1-2-15(14)19-10-6-12-4-8-18-9-5-12/h1-2,4-5,8-9,11H,3,6-7,10,17H2. The molecule has 0 spiro atoms. The molecule has 0 fully saturated rings. The Bertz CT molecular complexity index is 517. The van der Waals surface area contributed by atoms with Gasteiger partial charge in [-0.05, 0) is 64.3 Å². The first-order valence-electron chi connectivity index (χ1n) is 6.30. The Morgan fingerprint density at radius 3 is 2.53 bits per heavy atom. The minimum atomic E-state index is 0.652. The van der Waals surface area contributed by atoms with Crippen molar-refractivity contribution in [1.82, 2.24) is 4.98 Å². The summed E-state index contributed by atoms with van der Waals surface area (Å²) in [7, 11) is 0. The largest absolute Gasteiger partial charge is 0.492 e. The average molecular weight is 321 g/mol. The SMILES string of the molecule is NCCc1ccc(OCCc2ccncc2)c(Br)c1. The number of halogens is 1. The van der Waals surface area contributed by atoms with E-state index in [0.717, 1.165) is 23.1 Å². The van der Waals surface area contributed by atoms with Crippen LogP contribution in [0.3, 0.4) is 0 Å². The number of nitrogens with two attached hydrogens (primary N) is 1. The molecule has 0 bridgehead atoms. The Kier molecular flexibility index (Phi) is 5.36. The maximum atomic E-state index is 5.78. The van der Waals surface area contributed by atoms with Gasteiger partial charge in [-0.15, -0.1) is 0 Å². The third-order valence-corrected chi connectivity index (χ3v) is 3.45. The number of ether oxygens (including phenoxy) is 1. The summed E-state index contributed by atoms with van der Waals surface area (Å²) in [5, 5.41) is 0. The van der Waals surface area contributed by atoms with E-state index in [2.05, 4.69) is 33.0 Å². The van der Waals surface area contributed by atoms with Crippen molar-refractivity contribution in [2.24, 2.45) is 5.73 Å². The lowest BCUT2D eigenvalue weighted by Crippen LogP contribution is -2.04. The van der Waals surface area contributed by atoms with E-state index in [1.54, 1.807) is 12.4 Å². The summed E-state index contributed by atoms with van der Waals surface area (Å²) in [6.45, 7) is 1.31. The highest BCUT2D eigenvalue weighted by Gasteiger charge is 2.02. The van der Waals surface area contributed by atoms with Gasteiger partial charge in [-0.25, -0.2) is 0 Å². The number of nitrogens with zero attached hydrogens (tertiary/aromatic N) is 1. The molecule has 1 aromatic carbocycles. The van der Waals surface area contributed by atoms with Crippen LogP contribution in [0.15, 0.2) is 47.2 Å². The summed E-state index contributed by atoms with van der Waals surface area (Å²) in [6, 6.07) is 10.1. The maximum Gasteiger partial charge on any atom is 0.133 e. The summed E-state index contributed by atoms with van der Waals surface area (Å²) in [5.41, 5.74) is 7.99. The molecule has 0 radical (unpaired) electrons. The summed E-state index contributed by atoms with van der Waals surface area (Å²) in [5.74, 6) is 0.870. The summed E-state index contributed by atoms with van der Waals surface area (Å²) < 4.78 is 6.76. The van der Waals surface area contributed by atoms with E-state index in [0.29, 0.717) is 13.2 Å². The molecule has 0 aliphatic rings. The quantitative estimate of drug-likeness (QED) is 0.890. The molecule has 100 valence electrons. The molecule has 0 saturated heterocycles. The van der Waals surface area contributed by atoms with Crippen molar-refractivity contribution in [2.45, 2.75) is 12.8 Å². The lowest BCUT2D eigenvalue weighted by atomic mass is 10.1. The van der Waals surface area contributed by atoms with Crippen LogP contribution in [0.4, 0.5) is 0 Å². The zero-order valence-electron chi connectivity index (χ0n) is 10.7. The van der Waals surface area contributed by atoms with Crippen LogP contribution in [0.1, 0.15) is 11.1 Å². The third-order valence-electron chi connectivity index (χ3n) is 2.83. The number of hydrogen-bond acceptors (Lipinski definition) is 3. The molecular formula is C15H17BrN2O. The first-order valence-corrected chi connectivity index (χ1v) is 7.09. The monoisotopic (exact) mass is 320 g/mol. The van der Waals surface area contributed by atoms with Crippen LogP contribution in [0.25, 0.3) is 0 Å². The predicted octanol–water partition coefficient (Wildman–Crippen LogP) is 2.97. The van der Waals surface area contributed by atoms with E-state index in [1.165, 1.54) is 11.1 Å². The van der Waals surface area contributed by atoms with Gasteiger partial charge in [0.1, 0.15) is 5.75 Å². The fourth-order valence-corrected chi connectivity index (χ4v) is 2.35. The van der Waals surface area contributed by atoms with E-state index in [1.807, 2.05) is 18.2 Å². The van der Waals surface area contributed by atoms with Crippen molar-refractivity contribution in [2.75, 3.05) is 13.2 Å². The van der Waals surface area contributed by atoms with Crippen LogP contribution < -0.4 is 10.5 Å². The molecule has 0 aliphatic heterocycles. The van der Waals surface area contributed by atoms with E-state index in [9.17, 15) is 0 Å². The summed E-state index contributed by atoms with van der Waals surface area (Å²) >= 11 is 3.53. The predicted molar refractivity (Wildman–Crippen MR) is 80.3 cm³/mol. The second-order valence-corrected chi connectivity index (χ2v) is 5.11. The number of rotatable bonds is 6. The molecule has 1 aromatic heterocycles. The third kappa shape index (κ3) is 4.33. The van der Waals surface area contributed by atoms with Crippen LogP contribution >= 0.6 is 15.9 Å². The number of aromatic nitrogens is 1. The molecule has 0 amide bonds. The first kappa shape index (κ1) is 14.0. The van der Waals surface area contributed by atoms with E-state index < -0.39 is 0 Å². The van der Waals surface area contributed by atoms with Crippen LogP contribution in [-0.2, 0) is 12.8 Å². The summed E-state index contributed by atoms with van der Waals surface area (Å²) in [6.07, 6.45) is 5.36. The highest BCUT2D eigenvalue weighted by Crippen LogP contribution is 2.26. The lowest BCUT2D eigenvalue weighted by molar-refractivity contribution is 0.320. The Morgan fingerprint density at radius 1 is 1.05 bits per heavy atom. The van der Waals surface area contributed by atoms with Gasteiger partial charge in [-0.1, -0.05) is 6.07 Å². The fraction of sp³-hybridized carbons (Fsp3) is 0.267. The van der Waals surface area contributed by atoms with Crippen LogP contribution in [0.5, 0.6) is 5.75 Å². The van der Waals surface area contributed by atoms with Crippen molar-refractivity contribution in [3.63, 3.8) is 0 Å². The van der Waals surface area contributed by atoms with Crippen LogP contribution in [0, 0.1) is 0 Å². The normalized spacial score (nSPS) is 10.4. The molecule has 4 heteroatoms. The highest BCUT2D eigenvalue weighted by molar-refractivity contribution is 9.10. The van der Waals surface area contributed by atoms with Crippen molar-refractivity contribution in [3.05, 3.63) is 58.3 Å². The highest BCUT2D eigenvalue weighted by atomic mass is 79.9. The molecule has 1 heterocycles. The van der Waals surface area contributed by atoms with Gasteiger partial charge in [0, 0.05) is 18.8 Å². The van der Waals surface area contributed by atoms with Gasteiger partial charge in [0.15, 0.2) is 0 Å². The minimum absolute atomic E-state index is 0.652. The molecule has 2 rings (SSSR count). The molecule has 2 N–H and O–H groups in total. The Balaban J connectivity index is 1.89. The Morgan fingerprint density at radius 2 is 1.84 bits per heavy atom. The van der Waals surface area contributed by atoms with Gasteiger partial charge in [-0.3, -0.25) is 4.98 Å². The minimum Gasteiger partial charge on any atom is -0.492 e. The van der Waals surface area contributed by atoms with Crippen molar-refractivity contribution >= 4 is 15.9 Å². The summed E-state index contributed by atoms with van der Waals surface area (Å²) in [4.78, 5) is 3.99. The molecule has 3 nitrogen and oxygen atoms in total. The molecule has 0 unspecified atom stereocenters. The molecular weight excluding hydrogens is 304 g/mol. The number of benzene rings is 1. The van der Waals surface area contributed by atoms with Crippen molar-refractivity contribution in [1.29, 1.82) is 0 Å². The maximum absolute atomic E-state index is 5.78. The van der Waals surface area contributed by atoms with Crippen LogP contribution in [0.2, 0.25) is 0 Å². The second-order valence-electron chi connectivity index (χ2n) is 4.26. The Labute approximate surface area is 121 Å². The zero-order chi connectivity index (χ0) is 13.5. The van der Waals surface area contributed by atoms with Gasteiger partial charge in [-0.2, -0.15) is 0 Å². The lowest BCUT2D eigenvalue weighted by Gasteiger charge is -2.09. The molecule has 0 aliphatic carbocycles. The van der Waals surface area contributed by atoms with Gasteiger partial charge < -0.3 is 10.5 Å². The zero-order valence-corrected chi connectivity index (χ0v) is 12.3. The molecule has 2 aromatic rings. The second kappa shape index (κ2) is 7.26. The first-order chi connectivity index (χ1) is 9.29. The van der Waals surface area contributed by atoms with Crippen LogP contribution in [-0.4, -0.2) is 18.1 Å².